The van der Waals surface area contributed by atoms with E-state index in [2.05, 4.69) is 9.78 Å². The Morgan fingerprint density at radius 1 is 1.50 bits per heavy atom. The lowest BCUT2D eigenvalue weighted by molar-refractivity contribution is 0.0354. The summed E-state index contributed by atoms with van der Waals surface area (Å²) in [5.74, 6) is -1.89. The van der Waals surface area contributed by atoms with Gasteiger partial charge in [-0.1, -0.05) is 0 Å². The van der Waals surface area contributed by atoms with Gasteiger partial charge in [0.1, 0.15) is 0 Å². The van der Waals surface area contributed by atoms with Gasteiger partial charge in [-0.25, -0.2) is 0 Å². The number of hydrogen-bond acceptors (Lipinski definition) is 5. The minimum absolute atomic E-state index is 0.536. The van der Waals surface area contributed by atoms with Crippen molar-refractivity contribution in [3.63, 3.8) is 0 Å². The first-order chi connectivity index (χ1) is 4.41. The van der Waals surface area contributed by atoms with Crippen molar-refractivity contribution >= 4 is 10.3 Å². The van der Waals surface area contributed by atoms with Gasteiger partial charge in [0.05, 0.1) is 6.54 Å². The molecule has 0 aromatic rings. The highest BCUT2D eigenvalue weighted by atomic mass is 32.2. The van der Waals surface area contributed by atoms with Crippen molar-refractivity contribution in [3.8, 4) is 0 Å². The third kappa shape index (κ3) is 2.56. The molecule has 0 radical (unpaired) electrons. The van der Waals surface area contributed by atoms with Gasteiger partial charge in [-0.3, -0.25) is 4.55 Å². The average Bonchev–Trinajstić information content (AvgIpc) is 2.43. The molecule has 0 saturated carbocycles. The molecule has 1 aliphatic heterocycles. The van der Waals surface area contributed by atoms with Gasteiger partial charge in [-0.15, -0.1) is 0 Å². The third-order valence-corrected chi connectivity index (χ3v) is 1.26. The Hall–Kier alpha value is -0.250. The highest BCUT2D eigenvalue weighted by molar-refractivity contribution is 7.83. The second-order valence-electron chi connectivity index (χ2n) is 1.68. The Morgan fingerprint density at radius 2 is 2.00 bits per heavy atom. The molecule has 3 N–H and O–H groups in total. The Kier molecular flexibility index (Phi) is 1.66. The molecule has 0 atom stereocenters. The van der Waals surface area contributed by atoms with E-state index >= 15 is 0 Å². The Morgan fingerprint density at radius 3 is 2.30 bits per heavy atom. The lowest BCUT2D eigenvalue weighted by atomic mass is 10.6. The van der Waals surface area contributed by atoms with Crippen molar-refractivity contribution in [2.45, 2.75) is 5.97 Å². The van der Waals surface area contributed by atoms with Gasteiger partial charge in [-0.05, 0) is 0 Å². The van der Waals surface area contributed by atoms with Gasteiger partial charge in [0.2, 0.25) is 0 Å². The molecule has 0 amide bonds. The molecule has 60 valence electrons. The summed E-state index contributed by atoms with van der Waals surface area (Å²) >= 11 is 0. The molecule has 0 aliphatic carbocycles. The molecular formula is C2H5NO6S. The molecule has 0 spiro atoms. The van der Waals surface area contributed by atoms with E-state index < -0.39 is 22.8 Å². The van der Waals surface area contributed by atoms with Crippen molar-refractivity contribution in [1.29, 1.82) is 0 Å². The van der Waals surface area contributed by atoms with Crippen molar-refractivity contribution < 1.29 is 27.9 Å². The van der Waals surface area contributed by atoms with Crippen LogP contribution < -0.4 is 4.72 Å². The van der Waals surface area contributed by atoms with Crippen molar-refractivity contribution in [2.24, 2.45) is 0 Å². The SMILES string of the molecule is O=S(=O)(O)NCC1(O)OO1. The topological polar surface area (TPSA) is 112 Å². The smallest absolute Gasteiger partial charge is 0.339 e. The maximum atomic E-state index is 9.93. The van der Waals surface area contributed by atoms with Crippen LogP contribution in [-0.2, 0) is 20.1 Å². The van der Waals surface area contributed by atoms with Crippen LogP contribution >= 0.6 is 0 Å². The van der Waals surface area contributed by atoms with Gasteiger partial charge in [0, 0.05) is 0 Å². The minimum atomic E-state index is -4.29. The molecule has 10 heavy (non-hydrogen) atoms. The fraction of sp³-hybridized carbons (Fsp3) is 1.00. The highest BCUT2D eigenvalue weighted by Gasteiger charge is 2.47. The van der Waals surface area contributed by atoms with Gasteiger partial charge in [0.15, 0.2) is 0 Å². The van der Waals surface area contributed by atoms with Crippen molar-refractivity contribution in [1.82, 2.24) is 4.72 Å². The molecule has 8 heteroatoms. The van der Waals surface area contributed by atoms with Crippen LogP contribution in [-0.4, -0.2) is 30.6 Å². The first-order valence-corrected chi connectivity index (χ1v) is 3.67. The summed E-state index contributed by atoms with van der Waals surface area (Å²) in [5, 5.41) is 8.61. The van der Waals surface area contributed by atoms with E-state index in [-0.39, 0.29) is 0 Å². The number of nitrogens with one attached hydrogen (secondary N) is 1. The maximum absolute atomic E-state index is 9.93. The minimum Gasteiger partial charge on any atom is -0.339 e. The van der Waals surface area contributed by atoms with E-state index in [1.165, 1.54) is 0 Å². The average molecular weight is 171 g/mol. The Labute approximate surface area is 56.4 Å². The zero-order valence-corrected chi connectivity index (χ0v) is 5.46. The second kappa shape index (κ2) is 2.12. The van der Waals surface area contributed by atoms with E-state index in [0.717, 1.165) is 0 Å². The molecule has 1 fully saturated rings. The summed E-state index contributed by atoms with van der Waals surface area (Å²) in [7, 11) is -4.29. The van der Waals surface area contributed by atoms with Crippen LogP contribution in [0.2, 0.25) is 0 Å². The Balaban J connectivity index is 2.30. The van der Waals surface area contributed by atoms with Gasteiger partial charge < -0.3 is 5.11 Å². The normalized spacial score (nSPS) is 22.6. The molecule has 0 unspecified atom stereocenters. The van der Waals surface area contributed by atoms with E-state index in [0.29, 0.717) is 0 Å². The zero-order chi connectivity index (χ0) is 7.83. The van der Waals surface area contributed by atoms with Crippen LogP contribution in [0, 0.1) is 0 Å². The zero-order valence-electron chi connectivity index (χ0n) is 4.64. The molecule has 0 bridgehead atoms. The van der Waals surface area contributed by atoms with Crippen LogP contribution in [0.25, 0.3) is 0 Å². The predicted molar refractivity (Wildman–Crippen MR) is 26.7 cm³/mol. The predicted octanol–water partition coefficient (Wildman–Crippen LogP) is -2.01. The van der Waals surface area contributed by atoms with E-state index in [4.69, 9.17) is 9.66 Å². The second-order valence-corrected chi connectivity index (χ2v) is 2.91. The standard InChI is InChI=1S/C2H5NO6S/c4-2(8-9-2)1-3-10(5,6)7/h3-4H,1H2,(H,5,6,7). The molecular weight excluding hydrogens is 166 g/mol. The molecule has 1 heterocycles. The largest absolute Gasteiger partial charge is 0.351 e. The van der Waals surface area contributed by atoms with Crippen molar-refractivity contribution in [2.75, 3.05) is 6.54 Å². The summed E-state index contributed by atoms with van der Waals surface area (Å²) in [4.78, 5) is 7.82. The van der Waals surface area contributed by atoms with Gasteiger partial charge >= 0.3 is 16.3 Å². The molecule has 1 saturated heterocycles. The van der Waals surface area contributed by atoms with Gasteiger partial charge in [0.25, 0.3) is 0 Å². The summed E-state index contributed by atoms with van der Waals surface area (Å²) in [6, 6.07) is 0. The van der Waals surface area contributed by atoms with Crippen LogP contribution in [0.1, 0.15) is 0 Å². The summed E-state index contributed by atoms with van der Waals surface area (Å²) in [5.41, 5.74) is 0. The first-order valence-electron chi connectivity index (χ1n) is 2.23. The van der Waals surface area contributed by atoms with E-state index in [9.17, 15) is 8.42 Å². The third-order valence-electron chi connectivity index (χ3n) is 0.754. The van der Waals surface area contributed by atoms with Crippen LogP contribution in [0.3, 0.4) is 0 Å². The van der Waals surface area contributed by atoms with Crippen LogP contribution in [0.4, 0.5) is 0 Å². The number of hydrogen-bond donors (Lipinski definition) is 3. The molecule has 0 aromatic heterocycles. The summed E-state index contributed by atoms with van der Waals surface area (Å²) in [6.07, 6.45) is 0. The van der Waals surface area contributed by atoms with Gasteiger partial charge in [-0.2, -0.15) is 22.9 Å². The Bertz CT molecular complexity index is 216. The molecule has 0 aromatic carbocycles. The van der Waals surface area contributed by atoms with Crippen molar-refractivity contribution in [3.05, 3.63) is 0 Å². The first kappa shape index (κ1) is 7.85. The monoisotopic (exact) mass is 171 g/mol. The number of aliphatic hydroxyl groups is 1. The lowest BCUT2D eigenvalue weighted by Crippen LogP contribution is -2.33. The molecule has 7 nitrogen and oxygen atoms in total. The van der Waals surface area contributed by atoms with Crippen LogP contribution in [0.15, 0.2) is 0 Å². The summed E-state index contributed by atoms with van der Waals surface area (Å²) < 4.78 is 29.5. The molecule has 1 rings (SSSR count). The maximum Gasteiger partial charge on any atom is 0.351 e. The lowest BCUT2D eigenvalue weighted by Gasteiger charge is -1.97. The number of rotatable bonds is 3. The summed E-state index contributed by atoms with van der Waals surface area (Å²) in [6.45, 7) is -0.536. The molecule has 1 aliphatic rings. The fourth-order valence-corrected chi connectivity index (χ4v) is 0.654. The van der Waals surface area contributed by atoms with E-state index in [1.807, 2.05) is 0 Å². The van der Waals surface area contributed by atoms with E-state index in [1.54, 1.807) is 4.72 Å². The highest BCUT2D eigenvalue weighted by Crippen LogP contribution is 2.23. The van der Waals surface area contributed by atoms with Crippen LogP contribution in [0.5, 0.6) is 0 Å². The fourth-order valence-electron chi connectivity index (χ4n) is 0.289. The quantitative estimate of drug-likeness (QED) is 0.257.